The Labute approximate surface area is 94.5 Å². The van der Waals surface area contributed by atoms with Gasteiger partial charge in [0, 0.05) is 12.2 Å². The van der Waals surface area contributed by atoms with Gasteiger partial charge in [-0.2, -0.15) is 5.10 Å². The zero-order chi connectivity index (χ0) is 11.5. The number of carboxylic acids is 1. The lowest BCUT2D eigenvalue weighted by atomic mass is 10.00. The Hall–Kier alpha value is -1.36. The number of aromatic nitrogens is 2. The predicted molar refractivity (Wildman–Crippen MR) is 59.5 cm³/mol. The Morgan fingerprint density at radius 3 is 3.12 bits per heavy atom. The molecule has 1 unspecified atom stereocenters. The summed E-state index contributed by atoms with van der Waals surface area (Å²) < 4.78 is 1.81. The van der Waals surface area contributed by atoms with Gasteiger partial charge in [-0.05, 0) is 44.8 Å². The first-order chi connectivity index (χ1) is 7.66. The minimum atomic E-state index is -0.955. The zero-order valence-corrected chi connectivity index (χ0v) is 9.44. The highest BCUT2D eigenvalue weighted by Gasteiger charge is 2.16. The lowest BCUT2D eigenvalue weighted by molar-refractivity contribution is 0.0689. The van der Waals surface area contributed by atoms with Crippen LogP contribution in [-0.4, -0.2) is 33.9 Å². The SMILES string of the molecule is Cc1cc(C(=O)O)nn1CC1CCCNC1. The second kappa shape index (κ2) is 4.65. The van der Waals surface area contributed by atoms with Gasteiger partial charge in [-0.15, -0.1) is 0 Å². The van der Waals surface area contributed by atoms with Crippen molar-refractivity contribution >= 4 is 5.97 Å². The summed E-state index contributed by atoms with van der Waals surface area (Å²) in [5.74, 6) is -0.391. The number of aryl methyl sites for hydroxylation is 1. The van der Waals surface area contributed by atoms with Crippen LogP contribution in [0.1, 0.15) is 29.0 Å². The summed E-state index contributed by atoms with van der Waals surface area (Å²) in [6.07, 6.45) is 2.38. The molecular formula is C11H17N3O2. The topological polar surface area (TPSA) is 67.1 Å². The summed E-state index contributed by atoms with van der Waals surface area (Å²) >= 11 is 0. The van der Waals surface area contributed by atoms with Gasteiger partial charge in [-0.25, -0.2) is 4.79 Å². The van der Waals surface area contributed by atoms with Crippen LogP contribution in [0.3, 0.4) is 0 Å². The molecule has 2 heterocycles. The van der Waals surface area contributed by atoms with Crippen LogP contribution >= 0.6 is 0 Å². The lowest BCUT2D eigenvalue weighted by Crippen LogP contribution is -2.32. The highest BCUT2D eigenvalue weighted by atomic mass is 16.4. The molecule has 1 aliphatic rings. The molecule has 2 N–H and O–H groups in total. The highest BCUT2D eigenvalue weighted by Crippen LogP contribution is 2.14. The van der Waals surface area contributed by atoms with E-state index in [4.69, 9.17) is 5.11 Å². The van der Waals surface area contributed by atoms with Crippen molar-refractivity contribution < 1.29 is 9.90 Å². The minimum absolute atomic E-state index is 0.140. The van der Waals surface area contributed by atoms with Crippen LogP contribution in [0.2, 0.25) is 0 Å². The van der Waals surface area contributed by atoms with E-state index in [2.05, 4.69) is 10.4 Å². The predicted octanol–water partition coefficient (Wildman–Crippen LogP) is 0.889. The average Bonchev–Trinajstić information content (AvgIpc) is 2.62. The van der Waals surface area contributed by atoms with Gasteiger partial charge in [0.15, 0.2) is 5.69 Å². The summed E-state index contributed by atoms with van der Waals surface area (Å²) in [4.78, 5) is 10.8. The highest BCUT2D eigenvalue weighted by molar-refractivity contribution is 5.85. The van der Waals surface area contributed by atoms with E-state index in [1.807, 2.05) is 6.92 Å². The van der Waals surface area contributed by atoms with E-state index >= 15 is 0 Å². The molecule has 16 heavy (non-hydrogen) atoms. The summed E-state index contributed by atoms with van der Waals surface area (Å²) in [5.41, 5.74) is 1.06. The Morgan fingerprint density at radius 2 is 2.56 bits per heavy atom. The fourth-order valence-corrected chi connectivity index (χ4v) is 2.12. The summed E-state index contributed by atoms with van der Waals surface area (Å²) in [6.45, 7) is 4.80. The summed E-state index contributed by atoms with van der Waals surface area (Å²) in [7, 11) is 0. The molecule has 1 aromatic heterocycles. The fourth-order valence-electron chi connectivity index (χ4n) is 2.12. The minimum Gasteiger partial charge on any atom is -0.476 e. The first-order valence-corrected chi connectivity index (χ1v) is 5.65. The molecule has 1 fully saturated rings. The monoisotopic (exact) mass is 223 g/mol. The number of carbonyl (C=O) groups is 1. The molecule has 0 radical (unpaired) electrons. The largest absolute Gasteiger partial charge is 0.476 e. The molecule has 1 aromatic rings. The number of piperidine rings is 1. The second-order valence-electron chi connectivity index (χ2n) is 4.37. The second-order valence-corrected chi connectivity index (χ2v) is 4.37. The average molecular weight is 223 g/mol. The van der Waals surface area contributed by atoms with Gasteiger partial charge in [0.05, 0.1) is 0 Å². The molecule has 5 heteroatoms. The maximum Gasteiger partial charge on any atom is 0.356 e. The van der Waals surface area contributed by atoms with E-state index in [-0.39, 0.29) is 5.69 Å². The third-order valence-corrected chi connectivity index (χ3v) is 3.03. The molecule has 0 amide bonds. The molecular weight excluding hydrogens is 206 g/mol. The molecule has 1 aliphatic heterocycles. The van der Waals surface area contributed by atoms with Gasteiger partial charge in [-0.1, -0.05) is 0 Å². The van der Waals surface area contributed by atoms with E-state index in [1.165, 1.54) is 12.8 Å². The van der Waals surface area contributed by atoms with Crippen LogP contribution < -0.4 is 5.32 Å². The molecule has 5 nitrogen and oxygen atoms in total. The Balaban J connectivity index is 2.05. The molecule has 0 spiro atoms. The van der Waals surface area contributed by atoms with Gasteiger partial charge in [0.1, 0.15) is 0 Å². The van der Waals surface area contributed by atoms with Crippen molar-refractivity contribution in [2.24, 2.45) is 5.92 Å². The van der Waals surface area contributed by atoms with Gasteiger partial charge < -0.3 is 10.4 Å². The molecule has 0 aliphatic carbocycles. The first-order valence-electron chi connectivity index (χ1n) is 5.65. The number of aromatic carboxylic acids is 1. The van der Waals surface area contributed by atoms with Crippen molar-refractivity contribution in [3.63, 3.8) is 0 Å². The van der Waals surface area contributed by atoms with Crippen LogP contribution in [0.15, 0.2) is 6.07 Å². The number of hydrogen-bond donors (Lipinski definition) is 2. The van der Waals surface area contributed by atoms with E-state index < -0.39 is 5.97 Å². The van der Waals surface area contributed by atoms with Gasteiger partial charge in [0.25, 0.3) is 0 Å². The quantitative estimate of drug-likeness (QED) is 0.798. The van der Waals surface area contributed by atoms with E-state index in [0.717, 1.165) is 25.3 Å². The van der Waals surface area contributed by atoms with Crippen LogP contribution in [0.25, 0.3) is 0 Å². The number of hydrogen-bond acceptors (Lipinski definition) is 3. The van der Waals surface area contributed by atoms with Gasteiger partial charge in [-0.3, -0.25) is 4.68 Å². The lowest BCUT2D eigenvalue weighted by Gasteiger charge is -2.23. The molecule has 0 aromatic carbocycles. The van der Waals surface area contributed by atoms with Crippen molar-refractivity contribution in [2.75, 3.05) is 13.1 Å². The van der Waals surface area contributed by atoms with Crippen LogP contribution in [-0.2, 0) is 6.54 Å². The zero-order valence-electron chi connectivity index (χ0n) is 9.44. The van der Waals surface area contributed by atoms with Crippen molar-refractivity contribution in [2.45, 2.75) is 26.3 Å². The van der Waals surface area contributed by atoms with Crippen molar-refractivity contribution in [1.82, 2.24) is 15.1 Å². The normalized spacial score (nSPS) is 20.9. The third kappa shape index (κ3) is 2.41. The van der Waals surface area contributed by atoms with E-state index in [1.54, 1.807) is 10.7 Å². The van der Waals surface area contributed by atoms with E-state index in [9.17, 15) is 4.79 Å². The maximum atomic E-state index is 10.8. The Morgan fingerprint density at radius 1 is 1.75 bits per heavy atom. The maximum absolute atomic E-state index is 10.8. The van der Waals surface area contributed by atoms with Gasteiger partial charge >= 0.3 is 5.97 Å². The standard InChI is InChI=1S/C11H17N3O2/c1-8-5-10(11(15)16)13-14(8)7-9-3-2-4-12-6-9/h5,9,12H,2-4,6-7H2,1H3,(H,15,16). The fraction of sp³-hybridized carbons (Fsp3) is 0.636. The van der Waals surface area contributed by atoms with Crippen LogP contribution in [0, 0.1) is 12.8 Å². The molecule has 0 bridgehead atoms. The van der Waals surface area contributed by atoms with E-state index in [0.29, 0.717) is 5.92 Å². The molecule has 1 saturated heterocycles. The first kappa shape index (κ1) is 11.1. The van der Waals surface area contributed by atoms with Crippen LogP contribution in [0.5, 0.6) is 0 Å². The molecule has 2 rings (SSSR count). The molecule has 88 valence electrons. The molecule has 0 saturated carbocycles. The van der Waals surface area contributed by atoms with Crippen molar-refractivity contribution in [1.29, 1.82) is 0 Å². The third-order valence-electron chi connectivity index (χ3n) is 3.03. The smallest absolute Gasteiger partial charge is 0.356 e. The van der Waals surface area contributed by atoms with Crippen molar-refractivity contribution in [3.05, 3.63) is 17.5 Å². The Bertz CT molecular complexity index is 381. The summed E-state index contributed by atoms with van der Waals surface area (Å²) in [6, 6.07) is 1.62. The van der Waals surface area contributed by atoms with Crippen LogP contribution in [0.4, 0.5) is 0 Å². The Kier molecular flexibility index (Phi) is 3.24. The molecule has 1 atom stereocenters. The number of nitrogens with zero attached hydrogens (tertiary/aromatic N) is 2. The number of carboxylic acid groups (broad SMARTS) is 1. The number of nitrogens with one attached hydrogen (secondary N) is 1. The van der Waals surface area contributed by atoms with Gasteiger partial charge in [0.2, 0.25) is 0 Å². The summed E-state index contributed by atoms with van der Waals surface area (Å²) in [5, 5.41) is 16.3. The van der Waals surface area contributed by atoms with Crippen molar-refractivity contribution in [3.8, 4) is 0 Å². The number of rotatable bonds is 3.